The van der Waals surface area contributed by atoms with Gasteiger partial charge in [0.2, 0.25) is 0 Å². The molecule has 0 aromatic heterocycles. The fraction of sp³-hybridized carbons (Fsp3) is 1.00. The summed E-state index contributed by atoms with van der Waals surface area (Å²) in [6, 6.07) is 0. The second kappa shape index (κ2) is 17.9. The third kappa shape index (κ3) is 28.7. The molecule has 0 aromatic rings. The Morgan fingerprint density at radius 1 is 0.667 bits per heavy atom. The SMILES string of the molecule is CCCC.CCCCCCCCCCCCOS(=O)(=O)O. The molecule has 0 fully saturated rings. The average Bonchev–Trinajstić information content (AvgIpc) is 2.44. The van der Waals surface area contributed by atoms with Crippen molar-refractivity contribution < 1.29 is 17.2 Å². The van der Waals surface area contributed by atoms with E-state index in [-0.39, 0.29) is 6.61 Å². The van der Waals surface area contributed by atoms with Gasteiger partial charge in [-0.15, -0.1) is 0 Å². The Hall–Kier alpha value is -0.130. The van der Waals surface area contributed by atoms with Crippen molar-refractivity contribution in [3.05, 3.63) is 0 Å². The lowest BCUT2D eigenvalue weighted by Gasteiger charge is -2.02. The molecular weight excluding hydrogens is 288 g/mol. The van der Waals surface area contributed by atoms with Gasteiger partial charge in [-0.25, -0.2) is 4.18 Å². The molecule has 0 aliphatic rings. The van der Waals surface area contributed by atoms with E-state index in [2.05, 4.69) is 25.0 Å². The van der Waals surface area contributed by atoms with Crippen molar-refractivity contribution in [2.75, 3.05) is 6.61 Å². The van der Waals surface area contributed by atoms with Crippen molar-refractivity contribution in [1.82, 2.24) is 0 Å². The molecule has 0 amide bonds. The molecule has 0 heterocycles. The monoisotopic (exact) mass is 324 g/mol. The van der Waals surface area contributed by atoms with E-state index in [1.807, 2.05) is 0 Å². The molecular formula is C16H36O4S. The molecule has 0 aromatic carbocycles. The van der Waals surface area contributed by atoms with Crippen LogP contribution in [0.4, 0.5) is 0 Å². The molecule has 0 atom stereocenters. The topological polar surface area (TPSA) is 63.6 Å². The van der Waals surface area contributed by atoms with E-state index in [0.29, 0.717) is 6.42 Å². The van der Waals surface area contributed by atoms with Crippen molar-refractivity contribution in [3.8, 4) is 0 Å². The van der Waals surface area contributed by atoms with Gasteiger partial charge in [0, 0.05) is 0 Å². The largest absolute Gasteiger partial charge is 0.397 e. The van der Waals surface area contributed by atoms with Crippen LogP contribution < -0.4 is 0 Å². The highest BCUT2D eigenvalue weighted by atomic mass is 32.3. The smallest absolute Gasteiger partial charge is 0.264 e. The second-order valence-electron chi connectivity index (χ2n) is 5.43. The molecule has 130 valence electrons. The number of hydrogen-bond donors (Lipinski definition) is 1. The van der Waals surface area contributed by atoms with Crippen LogP contribution >= 0.6 is 0 Å². The lowest BCUT2D eigenvalue weighted by molar-refractivity contribution is 0.261. The Morgan fingerprint density at radius 2 is 1.05 bits per heavy atom. The van der Waals surface area contributed by atoms with Crippen molar-refractivity contribution in [2.24, 2.45) is 0 Å². The first-order valence-electron chi connectivity index (χ1n) is 8.59. The molecule has 0 saturated carbocycles. The van der Waals surface area contributed by atoms with Gasteiger partial charge < -0.3 is 0 Å². The zero-order valence-corrected chi connectivity index (χ0v) is 15.1. The first-order valence-corrected chi connectivity index (χ1v) is 9.96. The molecule has 0 aliphatic carbocycles. The molecule has 0 saturated heterocycles. The highest BCUT2D eigenvalue weighted by Crippen LogP contribution is 2.10. The van der Waals surface area contributed by atoms with E-state index in [0.717, 1.165) is 12.8 Å². The number of rotatable bonds is 13. The second-order valence-corrected chi connectivity index (χ2v) is 6.52. The molecule has 1 N–H and O–H groups in total. The highest BCUT2D eigenvalue weighted by Gasteiger charge is 2.02. The molecule has 0 unspecified atom stereocenters. The van der Waals surface area contributed by atoms with Gasteiger partial charge in [0.25, 0.3) is 0 Å². The van der Waals surface area contributed by atoms with E-state index >= 15 is 0 Å². The van der Waals surface area contributed by atoms with Crippen LogP contribution in [0.15, 0.2) is 0 Å². The zero-order chi connectivity index (χ0) is 16.4. The van der Waals surface area contributed by atoms with Gasteiger partial charge in [0.1, 0.15) is 0 Å². The first kappa shape index (κ1) is 23.1. The summed E-state index contributed by atoms with van der Waals surface area (Å²) in [4.78, 5) is 0. The summed E-state index contributed by atoms with van der Waals surface area (Å²) in [6.45, 7) is 6.67. The van der Waals surface area contributed by atoms with Crippen LogP contribution in [0.5, 0.6) is 0 Å². The van der Waals surface area contributed by atoms with Crippen LogP contribution in [0.2, 0.25) is 0 Å². The first-order chi connectivity index (χ1) is 9.97. The summed E-state index contributed by atoms with van der Waals surface area (Å²) in [5.74, 6) is 0. The third-order valence-electron chi connectivity index (χ3n) is 3.23. The maximum atomic E-state index is 10.2. The summed E-state index contributed by atoms with van der Waals surface area (Å²) in [6.07, 6.45) is 14.5. The Kier molecular flexibility index (Phi) is 19.7. The molecule has 4 nitrogen and oxygen atoms in total. The van der Waals surface area contributed by atoms with Gasteiger partial charge in [0.15, 0.2) is 0 Å². The van der Waals surface area contributed by atoms with Crippen molar-refractivity contribution in [2.45, 2.75) is 97.8 Å². The normalized spacial score (nSPS) is 11.0. The van der Waals surface area contributed by atoms with Crippen molar-refractivity contribution in [3.63, 3.8) is 0 Å². The van der Waals surface area contributed by atoms with E-state index in [1.54, 1.807) is 0 Å². The average molecular weight is 325 g/mol. The summed E-state index contributed by atoms with van der Waals surface area (Å²) >= 11 is 0. The van der Waals surface area contributed by atoms with Gasteiger partial charge in [-0.3, -0.25) is 4.55 Å². The van der Waals surface area contributed by atoms with Crippen LogP contribution in [0.1, 0.15) is 97.8 Å². The zero-order valence-electron chi connectivity index (χ0n) is 14.3. The predicted octanol–water partition coefficient (Wildman–Crippen LogP) is 5.53. The molecule has 0 radical (unpaired) electrons. The quantitative estimate of drug-likeness (QED) is 0.357. The maximum absolute atomic E-state index is 10.2. The van der Waals surface area contributed by atoms with Gasteiger partial charge in [-0.05, 0) is 6.42 Å². The van der Waals surface area contributed by atoms with Crippen LogP contribution in [-0.2, 0) is 14.6 Å². The molecule has 0 aliphatic heterocycles. The van der Waals surface area contributed by atoms with E-state index in [4.69, 9.17) is 4.55 Å². The minimum atomic E-state index is -4.23. The minimum absolute atomic E-state index is 0.0926. The van der Waals surface area contributed by atoms with E-state index in [9.17, 15) is 8.42 Å². The van der Waals surface area contributed by atoms with Gasteiger partial charge in [-0.2, -0.15) is 8.42 Å². The third-order valence-corrected chi connectivity index (χ3v) is 3.69. The number of unbranched alkanes of at least 4 members (excludes halogenated alkanes) is 10. The van der Waals surface area contributed by atoms with Gasteiger partial charge >= 0.3 is 10.4 Å². The molecule has 21 heavy (non-hydrogen) atoms. The van der Waals surface area contributed by atoms with Crippen LogP contribution in [0.3, 0.4) is 0 Å². The Balaban J connectivity index is 0. The maximum Gasteiger partial charge on any atom is 0.397 e. The van der Waals surface area contributed by atoms with Crippen LogP contribution in [-0.4, -0.2) is 19.6 Å². The molecule has 5 heteroatoms. The summed E-state index contributed by atoms with van der Waals surface area (Å²) < 4.78 is 33.0. The molecule has 0 spiro atoms. The van der Waals surface area contributed by atoms with E-state index in [1.165, 1.54) is 57.8 Å². The summed E-state index contributed by atoms with van der Waals surface area (Å²) in [5.41, 5.74) is 0. The van der Waals surface area contributed by atoms with Crippen LogP contribution in [0.25, 0.3) is 0 Å². The lowest BCUT2D eigenvalue weighted by atomic mass is 10.1. The molecule has 0 rings (SSSR count). The Bertz CT molecular complexity index is 274. The van der Waals surface area contributed by atoms with Gasteiger partial charge in [0.05, 0.1) is 6.61 Å². The lowest BCUT2D eigenvalue weighted by Crippen LogP contribution is -2.04. The Morgan fingerprint density at radius 3 is 1.38 bits per heavy atom. The minimum Gasteiger partial charge on any atom is -0.264 e. The fourth-order valence-electron chi connectivity index (χ4n) is 1.75. The summed E-state index contributed by atoms with van der Waals surface area (Å²) in [5, 5.41) is 0. The molecule has 0 bridgehead atoms. The Labute approximate surface area is 132 Å². The van der Waals surface area contributed by atoms with Crippen LogP contribution in [0, 0.1) is 0 Å². The fourth-order valence-corrected chi connectivity index (χ4v) is 2.08. The standard InChI is InChI=1S/C12H26O4S.C4H10/c1-2-3-4-5-6-7-8-9-10-11-12-16-17(13,14)15;1-3-4-2/h2-12H2,1H3,(H,13,14,15);3-4H2,1-2H3. The van der Waals surface area contributed by atoms with Gasteiger partial charge in [-0.1, -0.05) is 91.4 Å². The van der Waals surface area contributed by atoms with Crippen molar-refractivity contribution in [1.29, 1.82) is 0 Å². The highest BCUT2D eigenvalue weighted by molar-refractivity contribution is 7.80. The summed E-state index contributed by atoms with van der Waals surface area (Å²) in [7, 11) is -4.23. The van der Waals surface area contributed by atoms with Crippen molar-refractivity contribution >= 4 is 10.4 Å². The van der Waals surface area contributed by atoms with E-state index < -0.39 is 10.4 Å². The number of hydrogen-bond acceptors (Lipinski definition) is 3. The predicted molar refractivity (Wildman–Crippen MR) is 89.9 cm³/mol.